The Kier molecular flexibility index (Phi) is 9.57. The summed E-state index contributed by atoms with van der Waals surface area (Å²) in [5.41, 5.74) is 1.91. The summed E-state index contributed by atoms with van der Waals surface area (Å²) < 4.78 is 26.4. The molecule has 0 spiro atoms. The lowest BCUT2D eigenvalue weighted by Gasteiger charge is -2.33. The van der Waals surface area contributed by atoms with Gasteiger partial charge in [-0.2, -0.15) is 0 Å². The van der Waals surface area contributed by atoms with Crippen molar-refractivity contribution in [2.75, 3.05) is 24.2 Å². The number of carbonyl (C=O) groups excluding carboxylic acids is 2. The molecule has 2 aromatic carbocycles. The standard InChI is InChI=1S/C23H29Cl2N3O4S/c1-5-17-9-7-8-10-21(17)28(33(4,31)32)15-22(29)27(20(6-2)23(30)26-3)14-16-11-12-18(24)19(25)13-16/h7-13,20H,5-6,14-15H2,1-4H3,(H,26,30)/t20-/m1/s1. The van der Waals surface area contributed by atoms with Crippen molar-refractivity contribution in [1.29, 1.82) is 0 Å². The van der Waals surface area contributed by atoms with Crippen LogP contribution in [0.3, 0.4) is 0 Å². The zero-order valence-electron chi connectivity index (χ0n) is 19.1. The number of anilines is 1. The fourth-order valence-electron chi connectivity index (χ4n) is 3.57. The number of halogens is 2. The van der Waals surface area contributed by atoms with Gasteiger partial charge in [0, 0.05) is 13.6 Å². The van der Waals surface area contributed by atoms with E-state index in [0.717, 1.165) is 16.1 Å². The van der Waals surface area contributed by atoms with Crippen LogP contribution >= 0.6 is 23.2 Å². The Morgan fingerprint density at radius 1 is 1.06 bits per heavy atom. The quantitative estimate of drug-likeness (QED) is 0.522. The molecule has 7 nitrogen and oxygen atoms in total. The number of benzene rings is 2. The van der Waals surface area contributed by atoms with Gasteiger partial charge in [-0.3, -0.25) is 13.9 Å². The predicted molar refractivity (Wildman–Crippen MR) is 133 cm³/mol. The highest BCUT2D eigenvalue weighted by Crippen LogP contribution is 2.26. The van der Waals surface area contributed by atoms with Gasteiger partial charge in [0.05, 0.1) is 22.0 Å². The predicted octanol–water partition coefficient (Wildman–Crippen LogP) is 3.88. The molecular formula is C23H29Cl2N3O4S. The smallest absolute Gasteiger partial charge is 0.244 e. The Labute approximate surface area is 205 Å². The first-order valence-corrected chi connectivity index (χ1v) is 13.1. The van der Waals surface area contributed by atoms with E-state index in [0.29, 0.717) is 34.1 Å². The molecule has 0 aromatic heterocycles. The number of likely N-dealkylation sites (N-methyl/N-ethyl adjacent to an activating group) is 1. The van der Waals surface area contributed by atoms with Crippen molar-refractivity contribution >= 4 is 50.7 Å². The number of hydrogen-bond donors (Lipinski definition) is 1. The van der Waals surface area contributed by atoms with Crippen LogP contribution in [0.4, 0.5) is 5.69 Å². The molecule has 0 aliphatic carbocycles. The number of para-hydroxylation sites is 1. The highest BCUT2D eigenvalue weighted by molar-refractivity contribution is 7.92. The highest BCUT2D eigenvalue weighted by atomic mass is 35.5. The Hall–Kier alpha value is -2.29. The zero-order valence-corrected chi connectivity index (χ0v) is 21.5. The molecule has 0 aliphatic rings. The topological polar surface area (TPSA) is 86.8 Å². The van der Waals surface area contributed by atoms with Gasteiger partial charge in [0.2, 0.25) is 21.8 Å². The summed E-state index contributed by atoms with van der Waals surface area (Å²) in [6.07, 6.45) is 2.00. The van der Waals surface area contributed by atoms with Gasteiger partial charge in [-0.25, -0.2) is 8.42 Å². The maximum Gasteiger partial charge on any atom is 0.244 e. The number of nitrogens with one attached hydrogen (secondary N) is 1. The molecule has 1 atom stereocenters. The normalized spacial score (nSPS) is 12.2. The second-order valence-corrected chi connectivity index (χ2v) is 10.3. The second-order valence-electron chi connectivity index (χ2n) is 7.56. The molecule has 2 amide bonds. The van der Waals surface area contributed by atoms with Crippen molar-refractivity contribution in [1.82, 2.24) is 10.2 Å². The van der Waals surface area contributed by atoms with E-state index in [1.807, 2.05) is 19.1 Å². The monoisotopic (exact) mass is 513 g/mol. The number of rotatable bonds is 10. The molecule has 0 fully saturated rings. The molecule has 2 rings (SSSR count). The van der Waals surface area contributed by atoms with Gasteiger partial charge in [0.1, 0.15) is 12.6 Å². The Balaban J connectivity index is 2.48. The lowest BCUT2D eigenvalue weighted by atomic mass is 10.1. The highest BCUT2D eigenvalue weighted by Gasteiger charge is 2.31. The van der Waals surface area contributed by atoms with E-state index < -0.39 is 28.5 Å². The van der Waals surface area contributed by atoms with E-state index in [9.17, 15) is 18.0 Å². The van der Waals surface area contributed by atoms with Crippen molar-refractivity contribution in [3.8, 4) is 0 Å². The average molecular weight is 514 g/mol. The first kappa shape index (κ1) is 27.0. The van der Waals surface area contributed by atoms with Crippen LogP contribution in [0.1, 0.15) is 31.4 Å². The molecule has 0 saturated heterocycles. The van der Waals surface area contributed by atoms with Crippen LogP contribution in [0, 0.1) is 0 Å². The van der Waals surface area contributed by atoms with Gasteiger partial charge in [-0.05, 0) is 42.2 Å². The molecule has 0 bridgehead atoms. The van der Waals surface area contributed by atoms with Crippen molar-refractivity contribution < 1.29 is 18.0 Å². The van der Waals surface area contributed by atoms with E-state index in [1.54, 1.807) is 37.3 Å². The number of amides is 2. The number of nitrogens with zero attached hydrogens (tertiary/aromatic N) is 2. The fourth-order valence-corrected chi connectivity index (χ4v) is 4.77. The molecule has 0 radical (unpaired) electrons. The molecule has 1 N–H and O–H groups in total. The minimum atomic E-state index is -3.78. The van der Waals surface area contributed by atoms with Crippen LogP contribution in [-0.4, -0.2) is 51.0 Å². The number of aryl methyl sites for hydroxylation is 1. The van der Waals surface area contributed by atoms with Gasteiger partial charge in [0.15, 0.2) is 0 Å². The maximum absolute atomic E-state index is 13.5. The molecular weight excluding hydrogens is 485 g/mol. The maximum atomic E-state index is 13.5. The summed E-state index contributed by atoms with van der Waals surface area (Å²) in [6, 6.07) is 11.2. The molecule has 10 heteroatoms. The van der Waals surface area contributed by atoms with Crippen molar-refractivity contribution in [3.05, 3.63) is 63.6 Å². The van der Waals surface area contributed by atoms with Crippen LogP contribution in [0.2, 0.25) is 10.0 Å². The third kappa shape index (κ3) is 6.85. The molecule has 33 heavy (non-hydrogen) atoms. The van der Waals surface area contributed by atoms with Crippen LogP contribution < -0.4 is 9.62 Å². The first-order valence-electron chi connectivity index (χ1n) is 10.5. The number of carbonyl (C=O) groups is 2. The summed E-state index contributed by atoms with van der Waals surface area (Å²) >= 11 is 12.1. The summed E-state index contributed by atoms with van der Waals surface area (Å²) in [7, 11) is -2.28. The SMILES string of the molecule is CCc1ccccc1N(CC(=O)N(Cc1ccc(Cl)c(Cl)c1)[C@H](CC)C(=O)NC)S(C)(=O)=O. The van der Waals surface area contributed by atoms with Gasteiger partial charge < -0.3 is 10.2 Å². The lowest BCUT2D eigenvalue weighted by molar-refractivity contribution is -0.140. The van der Waals surface area contributed by atoms with Crippen LogP contribution in [0.15, 0.2) is 42.5 Å². The van der Waals surface area contributed by atoms with Gasteiger partial charge >= 0.3 is 0 Å². The minimum Gasteiger partial charge on any atom is -0.357 e. The van der Waals surface area contributed by atoms with Crippen molar-refractivity contribution in [2.45, 2.75) is 39.3 Å². The Bertz CT molecular complexity index is 1110. The Morgan fingerprint density at radius 2 is 1.73 bits per heavy atom. The zero-order chi connectivity index (χ0) is 24.8. The summed E-state index contributed by atoms with van der Waals surface area (Å²) in [6.45, 7) is 3.32. The third-order valence-corrected chi connectivity index (χ3v) is 7.16. The molecule has 0 unspecified atom stereocenters. The first-order chi connectivity index (χ1) is 15.5. The molecule has 0 saturated carbocycles. The Morgan fingerprint density at radius 3 is 2.27 bits per heavy atom. The van der Waals surface area contributed by atoms with E-state index in [4.69, 9.17) is 23.2 Å². The summed E-state index contributed by atoms with van der Waals surface area (Å²) in [5.74, 6) is -0.848. The van der Waals surface area contributed by atoms with Crippen LogP contribution in [0.5, 0.6) is 0 Å². The largest absolute Gasteiger partial charge is 0.357 e. The van der Waals surface area contributed by atoms with Crippen LogP contribution in [0.25, 0.3) is 0 Å². The molecule has 180 valence electrons. The molecule has 0 heterocycles. The average Bonchev–Trinajstić information content (AvgIpc) is 2.78. The van der Waals surface area contributed by atoms with Gasteiger partial charge in [-0.15, -0.1) is 0 Å². The number of hydrogen-bond acceptors (Lipinski definition) is 4. The van der Waals surface area contributed by atoms with Crippen LogP contribution in [-0.2, 0) is 32.6 Å². The third-order valence-electron chi connectivity index (χ3n) is 5.29. The van der Waals surface area contributed by atoms with Gasteiger partial charge in [0.25, 0.3) is 0 Å². The fraction of sp³-hybridized carbons (Fsp3) is 0.391. The number of sulfonamides is 1. The minimum absolute atomic E-state index is 0.0642. The molecule has 2 aromatic rings. The van der Waals surface area contributed by atoms with Crippen molar-refractivity contribution in [2.24, 2.45) is 0 Å². The van der Waals surface area contributed by atoms with E-state index in [1.165, 1.54) is 11.9 Å². The summed E-state index contributed by atoms with van der Waals surface area (Å²) in [4.78, 5) is 27.5. The van der Waals surface area contributed by atoms with E-state index >= 15 is 0 Å². The van der Waals surface area contributed by atoms with Gasteiger partial charge in [-0.1, -0.05) is 61.3 Å². The second kappa shape index (κ2) is 11.7. The van der Waals surface area contributed by atoms with E-state index in [-0.39, 0.29) is 12.5 Å². The summed E-state index contributed by atoms with van der Waals surface area (Å²) in [5, 5.41) is 3.27. The van der Waals surface area contributed by atoms with Crippen molar-refractivity contribution in [3.63, 3.8) is 0 Å². The molecule has 0 aliphatic heterocycles. The lowest BCUT2D eigenvalue weighted by Crippen LogP contribution is -2.51. The van der Waals surface area contributed by atoms with E-state index in [2.05, 4.69) is 5.32 Å².